The lowest BCUT2D eigenvalue weighted by Crippen LogP contribution is -1.99. The van der Waals surface area contributed by atoms with Gasteiger partial charge in [-0.15, -0.1) is 0 Å². The van der Waals surface area contributed by atoms with Crippen LogP contribution < -0.4 is 14.2 Å². The van der Waals surface area contributed by atoms with Crippen molar-refractivity contribution in [1.82, 2.24) is 9.97 Å². The van der Waals surface area contributed by atoms with Crippen molar-refractivity contribution < 1.29 is 13.9 Å². The summed E-state index contributed by atoms with van der Waals surface area (Å²) in [6.07, 6.45) is 1.85. The first kappa shape index (κ1) is 15.8. The van der Waals surface area contributed by atoms with Crippen molar-refractivity contribution in [3.63, 3.8) is 0 Å². The van der Waals surface area contributed by atoms with Gasteiger partial charge in [0.2, 0.25) is 5.88 Å². The third kappa shape index (κ3) is 3.16. The van der Waals surface area contributed by atoms with Crippen molar-refractivity contribution >= 4 is 40.1 Å². The van der Waals surface area contributed by atoms with E-state index in [-0.39, 0.29) is 11.8 Å². The number of anilines is 1. The Morgan fingerprint density at radius 2 is 2.00 bits per heavy atom. The normalized spacial score (nSPS) is 10.8. The average Bonchev–Trinajstić information content (AvgIpc) is 2.95. The average molecular weight is 354 g/mol. The summed E-state index contributed by atoms with van der Waals surface area (Å²) in [4.78, 5) is 8.04. The number of pyridine rings is 1. The molecule has 3 aromatic rings. The number of aromatic nitrogens is 2. The molecule has 5 nitrogen and oxygen atoms in total. The zero-order chi connectivity index (χ0) is 16.4. The molecule has 1 aromatic carbocycles. The van der Waals surface area contributed by atoms with Crippen molar-refractivity contribution in [2.45, 2.75) is 4.90 Å². The first-order chi connectivity index (χ1) is 11.1. The number of methoxy groups -OCH3 is 2. The number of rotatable bonds is 5. The fourth-order valence-electron chi connectivity index (χ4n) is 2.09. The van der Waals surface area contributed by atoms with Gasteiger partial charge in [-0.05, 0) is 24.1 Å². The van der Waals surface area contributed by atoms with Gasteiger partial charge in [0.05, 0.1) is 19.1 Å². The third-order valence-corrected chi connectivity index (χ3v) is 4.29. The predicted octanol–water partition coefficient (Wildman–Crippen LogP) is 4.49. The van der Waals surface area contributed by atoms with Crippen LogP contribution in [0.4, 0.5) is 10.1 Å². The first-order valence-corrected chi connectivity index (χ1v) is 7.80. The Morgan fingerprint density at radius 3 is 2.74 bits per heavy atom. The minimum Gasteiger partial charge on any atom is -0.479 e. The zero-order valence-electron chi connectivity index (χ0n) is 12.3. The highest BCUT2D eigenvalue weighted by atomic mass is 35.5. The van der Waals surface area contributed by atoms with E-state index in [2.05, 4.69) is 14.7 Å². The number of aromatic amines is 1. The lowest BCUT2D eigenvalue weighted by Gasteiger charge is -2.11. The van der Waals surface area contributed by atoms with Gasteiger partial charge in [0, 0.05) is 28.2 Å². The summed E-state index contributed by atoms with van der Waals surface area (Å²) >= 11 is 7.28. The lowest BCUT2D eigenvalue weighted by molar-refractivity contribution is 0.346. The van der Waals surface area contributed by atoms with Crippen LogP contribution in [0.15, 0.2) is 35.4 Å². The molecule has 3 rings (SSSR count). The molecule has 0 amide bonds. The molecule has 120 valence electrons. The molecule has 0 aliphatic rings. The predicted molar refractivity (Wildman–Crippen MR) is 90.1 cm³/mol. The first-order valence-electron chi connectivity index (χ1n) is 6.60. The van der Waals surface area contributed by atoms with Crippen molar-refractivity contribution in [2.24, 2.45) is 0 Å². The molecule has 0 fully saturated rings. The second-order valence-corrected chi connectivity index (χ2v) is 5.87. The Hall–Kier alpha value is -2.12. The van der Waals surface area contributed by atoms with E-state index in [0.29, 0.717) is 10.7 Å². The van der Waals surface area contributed by atoms with Gasteiger partial charge in [0.25, 0.3) is 5.88 Å². The van der Waals surface area contributed by atoms with E-state index in [1.165, 1.54) is 32.2 Å². The molecule has 0 aliphatic heterocycles. The SMILES string of the molecule is COc1nc(OC)c(NSc2c[nH]c3cc(Cl)ccc23)cc1F. The minimum atomic E-state index is -0.567. The number of halogens is 2. The second kappa shape index (κ2) is 6.55. The Labute approximate surface area is 141 Å². The van der Waals surface area contributed by atoms with E-state index in [1.807, 2.05) is 24.4 Å². The topological polar surface area (TPSA) is 59.2 Å². The number of nitrogens with zero attached hydrogens (tertiary/aromatic N) is 1. The van der Waals surface area contributed by atoms with Gasteiger partial charge in [-0.3, -0.25) is 0 Å². The van der Waals surface area contributed by atoms with E-state index in [1.54, 1.807) is 0 Å². The molecule has 2 heterocycles. The maximum atomic E-state index is 13.8. The molecule has 0 aliphatic carbocycles. The smallest absolute Gasteiger partial charge is 0.253 e. The monoisotopic (exact) mass is 353 g/mol. The number of ether oxygens (including phenoxy) is 2. The van der Waals surface area contributed by atoms with Crippen LogP contribution in [0.1, 0.15) is 0 Å². The molecule has 0 atom stereocenters. The zero-order valence-corrected chi connectivity index (χ0v) is 13.9. The molecule has 2 N–H and O–H groups in total. The van der Waals surface area contributed by atoms with E-state index >= 15 is 0 Å². The molecule has 0 saturated carbocycles. The lowest BCUT2D eigenvalue weighted by atomic mass is 10.2. The molecule has 8 heteroatoms. The molecule has 0 radical (unpaired) electrons. The number of hydrogen-bond acceptors (Lipinski definition) is 5. The van der Waals surface area contributed by atoms with Gasteiger partial charge in [-0.1, -0.05) is 17.7 Å². The van der Waals surface area contributed by atoms with Gasteiger partial charge in [-0.2, -0.15) is 4.98 Å². The Balaban J connectivity index is 1.86. The van der Waals surface area contributed by atoms with Crippen LogP contribution in [0.3, 0.4) is 0 Å². The summed E-state index contributed by atoms with van der Waals surface area (Å²) in [5.41, 5.74) is 1.34. The maximum Gasteiger partial charge on any atom is 0.253 e. The highest BCUT2D eigenvalue weighted by Crippen LogP contribution is 2.34. The summed E-state index contributed by atoms with van der Waals surface area (Å²) in [5, 5.41) is 1.67. The third-order valence-electron chi connectivity index (χ3n) is 3.17. The number of H-pyrrole nitrogens is 1. The fourth-order valence-corrected chi connectivity index (χ4v) is 3.04. The van der Waals surface area contributed by atoms with Crippen molar-refractivity contribution in [3.8, 4) is 11.8 Å². The minimum absolute atomic E-state index is 0.112. The summed E-state index contributed by atoms with van der Waals surface area (Å²) in [6.45, 7) is 0. The number of fused-ring (bicyclic) bond motifs is 1. The summed E-state index contributed by atoms with van der Waals surface area (Å²) in [5.74, 6) is -0.431. The molecule has 23 heavy (non-hydrogen) atoms. The second-order valence-electron chi connectivity index (χ2n) is 4.58. The van der Waals surface area contributed by atoms with Crippen molar-refractivity contribution in [2.75, 3.05) is 18.9 Å². The van der Waals surface area contributed by atoms with Gasteiger partial charge in [0.1, 0.15) is 5.69 Å². The Morgan fingerprint density at radius 1 is 1.22 bits per heavy atom. The molecule has 0 unspecified atom stereocenters. The molecule has 2 aromatic heterocycles. The van der Waals surface area contributed by atoms with Gasteiger partial charge in [-0.25, -0.2) is 4.39 Å². The number of benzene rings is 1. The van der Waals surface area contributed by atoms with Crippen molar-refractivity contribution in [3.05, 3.63) is 41.3 Å². The molecular weight excluding hydrogens is 341 g/mol. The maximum absolute atomic E-state index is 13.8. The van der Waals surface area contributed by atoms with Crippen LogP contribution in [0.25, 0.3) is 10.9 Å². The van der Waals surface area contributed by atoms with E-state index < -0.39 is 5.82 Å². The van der Waals surface area contributed by atoms with Crippen LogP contribution in [0, 0.1) is 5.82 Å². The van der Waals surface area contributed by atoms with Crippen molar-refractivity contribution in [1.29, 1.82) is 0 Å². The molecule has 0 bridgehead atoms. The number of nitrogens with one attached hydrogen (secondary N) is 2. The summed E-state index contributed by atoms with van der Waals surface area (Å²) in [7, 11) is 2.81. The van der Waals surface area contributed by atoms with Crippen LogP contribution in [-0.4, -0.2) is 24.2 Å². The van der Waals surface area contributed by atoms with Crippen LogP contribution in [-0.2, 0) is 0 Å². The number of hydrogen-bond donors (Lipinski definition) is 2. The Kier molecular flexibility index (Phi) is 4.49. The van der Waals surface area contributed by atoms with Crippen LogP contribution in [0.5, 0.6) is 11.8 Å². The molecule has 0 saturated heterocycles. The van der Waals surface area contributed by atoms with E-state index in [4.69, 9.17) is 21.1 Å². The van der Waals surface area contributed by atoms with E-state index in [0.717, 1.165) is 15.8 Å². The standard InChI is InChI=1S/C15H13ClFN3O2S/c1-21-14-10(17)6-12(15(19-14)22-2)20-23-13-7-18-11-5-8(16)3-4-9(11)13/h3-7,18,20H,1-2H3. The van der Waals surface area contributed by atoms with Gasteiger partial charge in [0.15, 0.2) is 5.82 Å². The summed E-state index contributed by atoms with van der Waals surface area (Å²) in [6, 6.07) is 6.86. The largest absolute Gasteiger partial charge is 0.479 e. The van der Waals surface area contributed by atoms with Gasteiger partial charge >= 0.3 is 0 Å². The fraction of sp³-hybridized carbons (Fsp3) is 0.133. The highest BCUT2D eigenvalue weighted by molar-refractivity contribution is 8.00. The van der Waals surface area contributed by atoms with E-state index in [9.17, 15) is 4.39 Å². The van der Waals surface area contributed by atoms with Gasteiger partial charge < -0.3 is 19.2 Å². The molecular formula is C15H13ClFN3O2S. The Bertz CT molecular complexity index is 856. The van der Waals surface area contributed by atoms with Crippen LogP contribution >= 0.6 is 23.5 Å². The quantitative estimate of drug-likeness (QED) is 0.662. The molecule has 0 spiro atoms. The summed E-state index contributed by atoms with van der Waals surface area (Å²) < 4.78 is 26.9. The van der Waals surface area contributed by atoms with Crippen LogP contribution in [0.2, 0.25) is 5.02 Å². The highest BCUT2D eigenvalue weighted by Gasteiger charge is 2.14.